The van der Waals surface area contributed by atoms with E-state index in [0.717, 1.165) is 66.7 Å². The number of hydrogen-bond donors (Lipinski definition) is 0. The largest absolute Gasteiger partial charge is 0.456 e. The van der Waals surface area contributed by atoms with Gasteiger partial charge < -0.3 is 9.47 Å². The van der Waals surface area contributed by atoms with Crippen molar-refractivity contribution in [1.82, 2.24) is 4.98 Å². The second kappa shape index (κ2) is 7.64. The molecule has 3 heterocycles. The number of ether oxygens (including phenoxy) is 2. The summed E-state index contributed by atoms with van der Waals surface area (Å²) in [7, 11) is 0. The second-order valence-corrected chi connectivity index (χ2v) is 13.1. The van der Waals surface area contributed by atoms with Crippen LogP contribution in [0.2, 0.25) is 0 Å². The van der Waals surface area contributed by atoms with Gasteiger partial charge in [0.05, 0.1) is 11.3 Å². The molecule has 168 valence electrons. The predicted molar refractivity (Wildman–Crippen MR) is 146 cm³/mol. The monoisotopic (exact) mass is 489 g/mol. The number of benzene rings is 4. The first kappa shape index (κ1) is 20.6. The highest BCUT2D eigenvalue weighted by atomic mass is 32.4. The van der Waals surface area contributed by atoms with Crippen LogP contribution in [0.3, 0.4) is 0 Å². The minimum absolute atomic E-state index is 0.794. The summed E-state index contributed by atoms with van der Waals surface area (Å²) in [5.41, 5.74) is 5.47. The van der Waals surface area contributed by atoms with Gasteiger partial charge in [0.1, 0.15) is 23.0 Å². The van der Waals surface area contributed by atoms with Crippen molar-refractivity contribution in [1.29, 1.82) is 0 Å². The Balaban J connectivity index is 1.43. The molecule has 2 aliphatic heterocycles. The lowest BCUT2D eigenvalue weighted by atomic mass is 9.99. The maximum atomic E-state index is 6.61. The Morgan fingerprint density at radius 1 is 0.657 bits per heavy atom. The molecule has 0 saturated heterocycles. The highest BCUT2D eigenvalue weighted by molar-refractivity contribution is 8.26. The summed E-state index contributed by atoms with van der Waals surface area (Å²) in [4.78, 5) is 4.34. The first-order valence-electron chi connectivity index (χ1n) is 11.5. The number of pyridine rings is 1. The zero-order valence-corrected chi connectivity index (χ0v) is 20.6. The summed E-state index contributed by atoms with van der Waals surface area (Å²) in [5, 5.41) is 3.17. The minimum atomic E-state index is -2.35. The zero-order valence-electron chi connectivity index (χ0n) is 18.9. The molecule has 0 fully saturated rings. The fraction of sp³-hybridized carbons (Fsp3) is 0.0333. The van der Waals surface area contributed by atoms with Gasteiger partial charge in [-0.1, -0.05) is 60.3 Å². The van der Waals surface area contributed by atoms with Crippen LogP contribution in [-0.2, 0) is 11.8 Å². The quantitative estimate of drug-likeness (QED) is 0.253. The Bertz CT molecular complexity index is 1680. The van der Waals surface area contributed by atoms with Crippen molar-refractivity contribution < 1.29 is 9.47 Å². The van der Waals surface area contributed by atoms with Gasteiger partial charge in [0, 0.05) is 34.1 Å². The maximum Gasteiger partial charge on any atom is 0.148 e. The van der Waals surface area contributed by atoms with Crippen molar-refractivity contribution in [2.75, 3.05) is 0 Å². The molecule has 7 rings (SSSR count). The van der Waals surface area contributed by atoms with Gasteiger partial charge in [-0.05, 0) is 66.1 Å². The number of aromatic nitrogens is 1. The molecular weight excluding hydrogens is 469 g/mol. The highest BCUT2D eigenvalue weighted by Crippen LogP contribution is 2.59. The molecule has 2 aliphatic rings. The molecular formula is C30H20NO2PS. The second-order valence-electron chi connectivity index (χ2n) is 8.87. The van der Waals surface area contributed by atoms with Crippen LogP contribution in [0.4, 0.5) is 0 Å². The summed E-state index contributed by atoms with van der Waals surface area (Å²) in [6, 6.07) is 28.8. The summed E-state index contributed by atoms with van der Waals surface area (Å²) in [5.74, 6) is 3.28. The van der Waals surface area contributed by atoms with E-state index in [4.69, 9.17) is 21.3 Å². The summed E-state index contributed by atoms with van der Waals surface area (Å²) < 4.78 is 12.9. The molecule has 0 radical (unpaired) electrons. The van der Waals surface area contributed by atoms with Crippen LogP contribution in [0.25, 0.3) is 22.3 Å². The molecule has 4 aromatic carbocycles. The van der Waals surface area contributed by atoms with Gasteiger partial charge in [-0.2, -0.15) is 0 Å². The van der Waals surface area contributed by atoms with Gasteiger partial charge in [-0.15, -0.1) is 0 Å². The van der Waals surface area contributed by atoms with Crippen LogP contribution < -0.4 is 25.4 Å². The number of rotatable bonds is 2. The third kappa shape index (κ3) is 3.04. The first-order chi connectivity index (χ1) is 17.1. The highest BCUT2D eigenvalue weighted by Gasteiger charge is 2.43. The Labute approximate surface area is 209 Å². The van der Waals surface area contributed by atoms with Gasteiger partial charge >= 0.3 is 0 Å². The van der Waals surface area contributed by atoms with Gasteiger partial charge in [0.25, 0.3) is 0 Å². The van der Waals surface area contributed by atoms with Crippen LogP contribution >= 0.6 is 6.04 Å². The lowest BCUT2D eigenvalue weighted by molar-refractivity contribution is 0.467. The predicted octanol–water partition coefficient (Wildman–Crippen LogP) is 6.69. The fourth-order valence-corrected chi connectivity index (χ4v) is 9.53. The molecule has 5 heteroatoms. The van der Waals surface area contributed by atoms with Crippen LogP contribution in [0.5, 0.6) is 23.0 Å². The topological polar surface area (TPSA) is 31.4 Å². The molecule has 1 atom stereocenters. The molecule has 0 N–H and O–H groups in total. The van der Waals surface area contributed by atoms with Crippen molar-refractivity contribution in [2.45, 2.75) is 6.92 Å². The van der Waals surface area contributed by atoms with E-state index in [9.17, 15) is 0 Å². The normalized spacial score (nSPS) is 16.8. The van der Waals surface area contributed by atoms with Gasteiger partial charge in [0.2, 0.25) is 0 Å². The molecule has 0 amide bonds. The third-order valence-corrected chi connectivity index (χ3v) is 11.5. The average Bonchev–Trinajstić information content (AvgIpc) is 2.89. The lowest BCUT2D eigenvalue weighted by Gasteiger charge is -2.38. The van der Waals surface area contributed by atoms with Gasteiger partial charge in [0.15, 0.2) is 0 Å². The van der Waals surface area contributed by atoms with Crippen LogP contribution in [-0.4, -0.2) is 4.98 Å². The Morgan fingerprint density at radius 3 is 2.03 bits per heavy atom. The van der Waals surface area contributed by atoms with E-state index in [-0.39, 0.29) is 0 Å². The Kier molecular flexibility index (Phi) is 4.51. The maximum absolute atomic E-state index is 6.61. The summed E-state index contributed by atoms with van der Waals surface area (Å²) >= 11 is 6.61. The molecule has 0 aliphatic carbocycles. The molecule has 1 aromatic heterocycles. The van der Waals surface area contributed by atoms with E-state index in [2.05, 4.69) is 60.4 Å². The van der Waals surface area contributed by atoms with Crippen molar-refractivity contribution in [3.05, 3.63) is 109 Å². The molecule has 1 unspecified atom stereocenters. The lowest BCUT2D eigenvalue weighted by Crippen LogP contribution is -2.35. The Morgan fingerprint density at radius 2 is 1.31 bits per heavy atom. The molecule has 35 heavy (non-hydrogen) atoms. The standard InChI is InChI=1S/C30H20NO2PS/c1-19-16-22(18-31-17-19)20-10-12-21(13-11-20)23-14-15-26-30-29(23)33-25-7-3-5-9-28(25)34(30,35)27-8-4-2-6-24(27)32-26/h2-18H,1H3. The smallest absolute Gasteiger partial charge is 0.148 e. The van der Waals surface area contributed by atoms with Crippen LogP contribution in [0.15, 0.2) is 103 Å². The SMILES string of the molecule is Cc1cncc(-c2ccc(-c3ccc4c5c3Oc3ccccc3P5(=S)c3ccccc3O4)cc2)c1. The van der Waals surface area contributed by atoms with Crippen molar-refractivity contribution in [3.8, 4) is 45.3 Å². The van der Waals surface area contributed by atoms with Gasteiger partial charge in [-0.3, -0.25) is 4.98 Å². The van der Waals surface area contributed by atoms with E-state index in [0.29, 0.717) is 0 Å². The van der Waals surface area contributed by atoms with E-state index in [1.807, 2.05) is 54.9 Å². The number of nitrogens with zero attached hydrogens (tertiary/aromatic N) is 1. The van der Waals surface area contributed by atoms with E-state index in [1.54, 1.807) is 0 Å². The van der Waals surface area contributed by atoms with Crippen LogP contribution in [0, 0.1) is 6.92 Å². The number of para-hydroxylation sites is 2. The van der Waals surface area contributed by atoms with E-state index < -0.39 is 6.04 Å². The zero-order chi connectivity index (χ0) is 23.6. The molecule has 0 saturated carbocycles. The summed E-state index contributed by atoms with van der Waals surface area (Å²) in [6.45, 7) is 2.06. The minimum Gasteiger partial charge on any atom is -0.456 e. The van der Waals surface area contributed by atoms with Gasteiger partial charge in [-0.25, -0.2) is 0 Å². The first-order valence-corrected chi connectivity index (χ1v) is 14.3. The van der Waals surface area contributed by atoms with Crippen molar-refractivity contribution in [3.63, 3.8) is 0 Å². The Hall–Kier alpha value is -3.72. The van der Waals surface area contributed by atoms with E-state index in [1.165, 1.54) is 0 Å². The van der Waals surface area contributed by atoms with Crippen molar-refractivity contribution >= 4 is 33.8 Å². The van der Waals surface area contributed by atoms with Crippen LogP contribution in [0.1, 0.15) is 5.56 Å². The molecule has 3 nitrogen and oxygen atoms in total. The molecule has 0 spiro atoms. The third-order valence-electron chi connectivity index (χ3n) is 6.65. The van der Waals surface area contributed by atoms with E-state index >= 15 is 0 Å². The molecule has 0 bridgehead atoms. The molecule has 5 aromatic rings. The fourth-order valence-electron chi connectivity index (χ4n) is 5.03. The van der Waals surface area contributed by atoms with Crippen molar-refractivity contribution in [2.24, 2.45) is 0 Å². The number of hydrogen-bond acceptors (Lipinski definition) is 4. The number of aryl methyl sites for hydroxylation is 1. The summed E-state index contributed by atoms with van der Waals surface area (Å²) in [6.07, 6.45) is 3.77. The number of fused-ring (bicyclic) bond motifs is 4. The average molecular weight is 490 g/mol.